The van der Waals surface area contributed by atoms with Crippen LogP contribution in [0.3, 0.4) is 0 Å². The summed E-state index contributed by atoms with van der Waals surface area (Å²) in [6, 6.07) is 16.3. The summed E-state index contributed by atoms with van der Waals surface area (Å²) in [7, 11) is -3.50. The highest BCUT2D eigenvalue weighted by atomic mass is 35.5. The van der Waals surface area contributed by atoms with Gasteiger partial charge in [-0.05, 0) is 48.5 Å². The molecule has 204 valence electrons. The van der Waals surface area contributed by atoms with Gasteiger partial charge in [-0.3, -0.25) is 23.7 Å². The second kappa shape index (κ2) is 10.4. The van der Waals surface area contributed by atoms with Gasteiger partial charge in [-0.2, -0.15) is 0 Å². The lowest BCUT2D eigenvalue weighted by atomic mass is 10.2. The van der Waals surface area contributed by atoms with Crippen LogP contribution in [0.2, 0.25) is 10.0 Å². The average Bonchev–Trinajstić information content (AvgIpc) is 3.30. The quantitative estimate of drug-likeness (QED) is 0.302. The molecule has 0 spiro atoms. The number of nitrogens with zero attached hydrogens (tertiary/aromatic N) is 5. The van der Waals surface area contributed by atoms with E-state index in [1.54, 1.807) is 48.5 Å². The number of hydrogen-bond donors (Lipinski definition) is 1. The van der Waals surface area contributed by atoms with E-state index in [4.69, 9.17) is 33.9 Å². The van der Waals surface area contributed by atoms with Crippen LogP contribution < -0.4 is 17.0 Å². The summed E-state index contributed by atoms with van der Waals surface area (Å²) in [6.45, 7) is -0.876. The van der Waals surface area contributed by atoms with Crippen LogP contribution in [0.15, 0.2) is 81.3 Å². The maximum Gasteiger partial charge on any atom is 0.333 e. The van der Waals surface area contributed by atoms with Crippen molar-refractivity contribution in [3.05, 3.63) is 103 Å². The molecule has 0 saturated carbocycles. The lowest BCUT2D eigenvalue weighted by molar-refractivity contribution is -0.118. The van der Waals surface area contributed by atoms with E-state index in [1.165, 1.54) is 27.5 Å². The van der Waals surface area contributed by atoms with Crippen LogP contribution in [0, 0.1) is 0 Å². The molecule has 5 rings (SSSR count). The van der Waals surface area contributed by atoms with E-state index in [9.17, 15) is 22.8 Å². The molecule has 0 radical (unpaired) electrons. The highest BCUT2D eigenvalue weighted by Crippen LogP contribution is 2.32. The molecule has 11 nitrogen and oxygen atoms in total. The van der Waals surface area contributed by atoms with E-state index in [1.807, 2.05) is 0 Å². The second-order valence-electron chi connectivity index (χ2n) is 8.88. The Morgan fingerprint density at radius 1 is 0.975 bits per heavy atom. The Balaban J connectivity index is 1.87. The van der Waals surface area contributed by atoms with Gasteiger partial charge in [0, 0.05) is 28.7 Å². The van der Waals surface area contributed by atoms with Crippen LogP contribution in [0.1, 0.15) is 5.69 Å². The van der Waals surface area contributed by atoms with Gasteiger partial charge in [0.15, 0.2) is 21.0 Å². The predicted molar refractivity (Wildman–Crippen MR) is 151 cm³/mol. The fraction of sp³-hybridized carbons (Fsp3) is 0.115. The molecular weight excluding hydrogens is 579 g/mol. The molecule has 3 aromatic heterocycles. The summed E-state index contributed by atoms with van der Waals surface area (Å²) in [5.74, 6) is -0.644. The maximum atomic E-state index is 13.8. The highest BCUT2D eigenvalue weighted by Gasteiger charge is 2.25. The summed E-state index contributed by atoms with van der Waals surface area (Å²) in [5.41, 5.74) is 4.98. The number of fused-ring (bicyclic) bond motifs is 1. The van der Waals surface area contributed by atoms with Crippen LogP contribution >= 0.6 is 23.2 Å². The van der Waals surface area contributed by atoms with Gasteiger partial charge in [-0.1, -0.05) is 35.3 Å². The Bertz CT molecular complexity index is 2010. The molecule has 0 atom stereocenters. The first-order valence-corrected chi connectivity index (χ1v) is 14.3. The van der Waals surface area contributed by atoms with E-state index in [2.05, 4.69) is 4.98 Å². The Morgan fingerprint density at radius 3 is 2.27 bits per heavy atom. The van der Waals surface area contributed by atoms with E-state index < -0.39 is 33.5 Å². The van der Waals surface area contributed by atoms with Crippen LogP contribution in [-0.4, -0.2) is 44.3 Å². The Morgan fingerprint density at radius 2 is 1.68 bits per heavy atom. The average molecular weight is 599 g/mol. The first kappa shape index (κ1) is 27.3. The van der Waals surface area contributed by atoms with Gasteiger partial charge in [0.1, 0.15) is 12.4 Å². The van der Waals surface area contributed by atoms with Gasteiger partial charge in [-0.15, -0.1) is 0 Å². The molecule has 0 aliphatic carbocycles. The molecule has 0 unspecified atom stereocenters. The van der Waals surface area contributed by atoms with Crippen molar-refractivity contribution in [2.75, 3.05) is 6.26 Å². The minimum atomic E-state index is -3.50. The fourth-order valence-electron chi connectivity index (χ4n) is 4.23. The number of benzene rings is 2. The molecule has 14 heteroatoms. The van der Waals surface area contributed by atoms with Gasteiger partial charge in [0.2, 0.25) is 5.91 Å². The number of pyridine rings is 1. The number of aromatic nitrogens is 5. The number of primary amides is 1. The van der Waals surface area contributed by atoms with Gasteiger partial charge in [0.05, 0.1) is 22.2 Å². The van der Waals surface area contributed by atoms with Crippen molar-refractivity contribution < 1.29 is 13.2 Å². The Kier molecular flexibility index (Phi) is 7.08. The molecule has 1 amide bonds. The molecule has 0 bridgehead atoms. The van der Waals surface area contributed by atoms with Crippen molar-refractivity contribution in [3.63, 3.8) is 0 Å². The van der Waals surface area contributed by atoms with Crippen molar-refractivity contribution >= 4 is 50.1 Å². The number of rotatable bonds is 7. The van der Waals surface area contributed by atoms with Crippen molar-refractivity contribution in [1.29, 1.82) is 0 Å². The molecule has 0 aliphatic heterocycles. The molecule has 0 aliphatic rings. The van der Waals surface area contributed by atoms with Gasteiger partial charge < -0.3 is 5.73 Å². The number of sulfone groups is 1. The third kappa shape index (κ3) is 5.04. The number of carbonyl (C=O) groups excluding carboxylic acids is 1. The summed E-state index contributed by atoms with van der Waals surface area (Å²) in [6.07, 6.45) is 2.23. The SMILES string of the molecule is CS(=O)(=O)c1ccc(Cn2c(=O)n(CC(N)=O)c(=O)c3c2nc(-c2ccccc2Cl)n3-c2ccc(Cl)cc2)nc1. The molecule has 2 aromatic carbocycles. The molecule has 0 saturated heterocycles. The van der Waals surface area contributed by atoms with Crippen LogP contribution in [0.25, 0.3) is 28.2 Å². The summed E-state index contributed by atoms with van der Waals surface area (Å²) in [4.78, 5) is 48.1. The first-order chi connectivity index (χ1) is 19.0. The molecule has 5 aromatic rings. The molecule has 40 heavy (non-hydrogen) atoms. The largest absolute Gasteiger partial charge is 0.368 e. The van der Waals surface area contributed by atoms with E-state index in [0.717, 1.165) is 10.8 Å². The first-order valence-electron chi connectivity index (χ1n) is 11.7. The lowest BCUT2D eigenvalue weighted by Gasteiger charge is -2.13. The predicted octanol–water partition coefficient (Wildman–Crippen LogP) is 2.65. The monoisotopic (exact) mass is 598 g/mol. The van der Waals surface area contributed by atoms with Crippen molar-refractivity contribution in [2.45, 2.75) is 18.0 Å². The topological polar surface area (TPSA) is 152 Å². The number of hydrogen-bond acceptors (Lipinski definition) is 7. The third-order valence-electron chi connectivity index (χ3n) is 6.08. The maximum absolute atomic E-state index is 13.8. The molecule has 2 N–H and O–H groups in total. The summed E-state index contributed by atoms with van der Waals surface area (Å²) < 4.78 is 27.2. The van der Waals surface area contributed by atoms with Crippen LogP contribution in [-0.2, 0) is 27.7 Å². The smallest absolute Gasteiger partial charge is 0.333 e. The number of amides is 1. The zero-order valence-electron chi connectivity index (χ0n) is 20.8. The van der Waals surface area contributed by atoms with Crippen LogP contribution in [0.4, 0.5) is 0 Å². The van der Waals surface area contributed by atoms with Crippen molar-refractivity contribution in [3.8, 4) is 17.1 Å². The zero-order valence-corrected chi connectivity index (χ0v) is 23.1. The number of nitrogens with two attached hydrogens (primary N) is 1. The Labute approximate surface area is 237 Å². The van der Waals surface area contributed by atoms with Gasteiger partial charge >= 0.3 is 5.69 Å². The minimum Gasteiger partial charge on any atom is -0.368 e. The number of halogens is 2. The van der Waals surface area contributed by atoms with Gasteiger partial charge in [-0.25, -0.2) is 22.8 Å². The van der Waals surface area contributed by atoms with E-state index in [-0.39, 0.29) is 28.4 Å². The van der Waals surface area contributed by atoms with Gasteiger partial charge in [0.25, 0.3) is 5.56 Å². The second-order valence-corrected chi connectivity index (χ2v) is 11.7. The summed E-state index contributed by atoms with van der Waals surface area (Å²) >= 11 is 12.6. The van der Waals surface area contributed by atoms with Crippen LogP contribution in [0.5, 0.6) is 0 Å². The minimum absolute atomic E-state index is 0.000430. The van der Waals surface area contributed by atoms with E-state index >= 15 is 0 Å². The zero-order chi connectivity index (χ0) is 28.8. The Hall–Kier alpha value is -4.26. The lowest BCUT2D eigenvalue weighted by Crippen LogP contribution is -2.43. The van der Waals surface area contributed by atoms with Crippen molar-refractivity contribution in [1.82, 2.24) is 23.7 Å². The fourth-order valence-corrected chi connectivity index (χ4v) is 5.13. The molecular formula is C26H20Cl2N6O5S. The molecule has 0 fully saturated rings. The van der Waals surface area contributed by atoms with E-state index in [0.29, 0.717) is 27.0 Å². The summed E-state index contributed by atoms with van der Waals surface area (Å²) in [5, 5.41) is 0.802. The third-order valence-corrected chi connectivity index (χ3v) is 7.76. The normalized spacial score (nSPS) is 11.7. The number of imidazole rings is 1. The highest BCUT2D eigenvalue weighted by molar-refractivity contribution is 7.90. The standard InChI is InChI=1S/C26H20Cl2N6O5S/c1-40(38,39)18-11-8-16(30-12-18)13-32-24-22(25(36)33(26(32)37)14-21(29)35)34(17-9-6-15(27)7-10-17)23(31-24)19-4-2-3-5-20(19)28/h2-12H,13-14H2,1H3,(H2,29,35). The number of carbonyl (C=O) groups is 1. The van der Waals surface area contributed by atoms with Crippen molar-refractivity contribution in [2.24, 2.45) is 5.73 Å². The molecule has 3 heterocycles.